The van der Waals surface area contributed by atoms with Gasteiger partial charge in [0, 0.05) is 0 Å². The Labute approximate surface area is 114 Å². The normalized spacial score (nSPS) is 17.9. The fourth-order valence-electron chi connectivity index (χ4n) is 2.93. The molecule has 1 fully saturated rings. The number of para-hydroxylation sites is 1. The molecule has 2 rings (SSSR count). The molecule has 0 radical (unpaired) electrons. The topological polar surface area (TPSA) is 46.5 Å². The van der Waals surface area contributed by atoms with Gasteiger partial charge in [0.05, 0.1) is 0 Å². The fraction of sp³-hybridized carbons (Fsp3) is 0.562. The van der Waals surface area contributed by atoms with E-state index in [-0.39, 0.29) is 11.7 Å². The van der Waals surface area contributed by atoms with E-state index >= 15 is 0 Å². The Hall–Kier alpha value is -1.51. The minimum atomic E-state index is -0.922. The number of carboxylic acid groups (broad SMARTS) is 1. The number of hydrogen-bond acceptors (Lipinski definition) is 2. The third kappa shape index (κ3) is 3.49. The standard InChI is InChI=1S/C16H22O3/c1-2-14(12-8-4-3-5-9-12)19-15-11-7-6-10-13(15)16(17)18/h6-7,10-12,14H,2-5,8-9H2,1H3,(H,17,18). The van der Waals surface area contributed by atoms with Crippen molar-refractivity contribution in [3.8, 4) is 5.75 Å². The number of benzene rings is 1. The monoisotopic (exact) mass is 262 g/mol. The van der Waals surface area contributed by atoms with Gasteiger partial charge in [-0.1, -0.05) is 38.3 Å². The van der Waals surface area contributed by atoms with Gasteiger partial charge >= 0.3 is 5.97 Å². The van der Waals surface area contributed by atoms with Crippen molar-refractivity contribution >= 4 is 5.97 Å². The molecular weight excluding hydrogens is 240 g/mol. The Kier molecular flexibility index (Phi) is 4.83. The van der Waals surface area contributed by atoms with E-state index in [1.165, 1.54) is 32.1 Å². The van der Waals surface area contributed by atoms with Crippen LogP contribution in [0.4, 0.5) is 0 Å². The van der Waals surface area contributed by atoms with E-state index in [1.54, 1.807) is 18.2 Å². The molecule has 1 aliphatic carbocycles. The van der Waals surface area contributed by atoms with Gasteiger partial charge in [-0.2, -0.15) is 0 Å². The van der Waals surface area contributed by atoms with E-state index in [4.69, 9.17) is 4.74 Å². The number of aromatic carboxylic acids is 1. The summed E-state index contributed by atoms with van der Waals surface area (Å²) in [6, 6.07) is 6.92. The summed E-state index contributed by atoms with van der Waals surface area (Å²) < 4.78 is 6.01. The lowest BCUT2D eigenvalue weighted by Gasteiger charge is -2.30. The van der Waals surface area contributed by atoms with Crippen LogP contribution in [0.3, 0.4) is 0 Å². The van der Waals surface area contributed by atoms with Gasteiger partial charge in [-0.3, -0.25) is 0 Å². The molecule has 1 aromatic carbocycles. The van der Waals surface area contributed by atoms with Crippen LogP contribution in [0.25, 0.3) is 0 Å². The first kappa shape index (κ1) is 13.9. The van der Waals surface area contributed by atoms with Crippen molar-refractivity contribution in [2.24, 2.45) is 5.92 Å². The van der Waals surface area contributed by atoms with Crippen LogP contribution in [-0.2, 0) is 0 Å². The lowest BCUT2D eigenvalue weighted by Crippen LogP contribution is -2.28. The Bertz CT molecular complexity index is 422. The number of ether oxygens (including phenoxy) is 1. The Morgan fingerprint density at radius 2 is 2.00 bits per heavy atom. The molecule has 0 amide bonds. The second-order valence-corrected chi connectivity index (χ2v) is 5.26. The van der Waals surface area contributed by atoms with Crippen molar-refractivity contribution in [3.63, 3.8) is 0 Å². The van der Waals surface area contributed by atoms with Crippen molar-refractivity contribution in [2.45, 2.75) is 51.6 Å². The highest BCUT2D eigenvalue weighted by atomic mass is 16.5. The maximum Gasteiger partial charge on any atom is 0.339 e. The van der Waals surface area contributed by atoms with Crippen LogP contribution in [-0.4, -0.2) is 17.2 Å². The van der Waals surface area contributed by atoms with Gasteiger partial charge in [-0.25, -0.2) is 4.79 Å². The first-order valence-electron chi connectivity index (χ1n) is 7.21. The number of rotatable bonds is 5. The zero-order valence-corrected chi connectivity index (χ0v) is 11.5. The molecule has 0 heterocycles. The van der Waals surface area contributed by atoms with Gasteiger partial charge in [0.25, 0.3) is 0 Å². The first-order valence-corrected chi connectivity index (χ1v) is 7.21. The second kappa shape index (κ2) is 6.60. The molecule has 3 nitrogen and oxygen atoms in total. The molecule has 1 atom stereocenters. The van der Waals surface area contributed by atoms with Crippen LogP contribution in [0.15, 0.2) is 24.3 Å². The average molecular weight is 262 g/mol. The van der Waals surface area contributed by atoms with E-state index in [0.29, 0.717) is 11.7 Å². The van der Waals surface area contributed by atoms with E-state index in [9.17, 15) is 9.90 Å². The summed E-state index contributed by atoms with van der Waals surface area (Å²) in [6.07, 6.45) is 7.33. The summed E-state index contributed by atoms with van der Waals surface area (Å²) in [7, 11) is 0. The third-order valence-corrected chi connectivity index (χ3v) is 3.97. The molecule has 1 unspecified atom stereocenters. The zero-order chi connectivity index (χ0) is 13.7. The number of carbonyl (C=O) groups is 1. The second-order valence-electron chi connectivity index (χ2n) is 5.26. The summed E-state index contributed by atoms with van der Waals surface area (Å²) >= 11 is 0. The number of hydrogen-bond donors (Lipinski definition) is 1. The lowest BCUT2D eigenvalue weighted by molar-refractivity contribution is 0.0675. The molecule has 0 saturated heterocycles. The van der Waals surface area contributed by atoms with Crippen molar-refractivity contribution < 1.29 is 14.6 Å². The molecule has 19 heavy (non-hydrogen) atoms. The first-order chi connectivity index (χ1) is 9.22. The SMILES string of the molecule is CCC(Oc1ccccc1C(=O)O)C1CCCCC1. The zero-order valence-electron chi connectivity index (χ0n) is 11.5. The fourth-order valence-corrected chi connectivity index (χ4v) is 2.93. The van der Waals surface area contributed by atoms with E-state index in [1.807, 2.05) is 6.07 Å². The molecule has 1 aromatic rings. The molecule has 0 bridgehead atoms. The maximum absolute atomic E-state index is 11.2. The summed E-state index contributed by atoms with van der Waals surface area (Å²) in [6.45, 7) is 2.11. The predicted molar refractivity (Wildman–Crippen MR) is 74.7 cm³/mol. The van der Waals surface area contributed by atoms with Crippen molar-refractivity contribution in [1.29, 1.82) is 0 Å². The third-order valence-electron chi connectivity index (χ3n) is 3.97. The van der Waals surface area contributed by atoms with Gasteiger partial charge in [0.1, 0.15) is 17.4 Å². The van der Waals surface area contributed by atoms with Gasteiger partial charge in [-0.05, 0) is 37.3 Å². The molecule has 0 aromatic heterocycles. The van der Waals surface area contributed by atoms with Crippen LogP contribution in [0.5, 0.6) is 5.75 Å². The molecule has 1 saturated carbocycles. The van der Waals surface area contributed by atoms with Crippen molar-refractivity contribution in [1.82, 2.24) is 0 Å². The summed E-state index contributed by atoms with van der Waals surface area (Å²) in [5.41, 5.74) is 0.261. The maximum atomic E-state index is 11.2. The quantitative estimate of drug-likeness (QED) is 0.868. The van der Waals surface area contributed by atoms with Crippen LogP contribution in [0.2, 0.25) is 0 Å². The van der Waals surface area contributed by atoms with Crippen LogP contribution in [0, 0.1) is 5.92 Å². The molecule has 0 aliphatic heterocycles. The average Bonchev–Trinajstić information content (AvgIpc) is 2.46. The van der Waals surface area contributed by atoms with E-state index in [0.717, 1.165) is 6.42 Å². The summed E-state index contributed by atoms with van der Waals surface area (Å²) in [4.78, 5) is 11.2. The molecule has 1 aliphatic rings. The van der Waals surface area contributed by atoms with Gasteiger partial charge < -0.3 is 9.84 Å². The molecule has 104 valence electrons. The Morgan fingerprint density at radius 1 is 1.32 bits per heavy atom. The highest BCUT2D eigenvalue weighted by molar-refractivity contribution is 5.90. The van der Waals surface area contributed by atoms with Crippen LogP contribution >= 0.6 is 0 Å². The van der Waals surface area contributed by atoms with Crippen molar-refractivity contribution in [2.75, 3.05) is 0 Å². The van der Waals surface area contributed by atoms with E-state index < -0.39 is 5.97 Å². The molecule has 0 spiro atoms. The smallest absolute Gasteiger partial charge is 0.339 e. The highest BCUT2D eigenvalue weighted by Gasteiger charge is 2.25. The molecular formula is C16H22O3. The summed E-state index contributed by atoms with van der Waals surface area (Å²) in [5, 5.41) is 9.18. The molecule has 3 heteroatoms. The van der Waals surface area contributed by atoms with Crippen LogP contribution in [0.1, 0.15) is 55.8 Å². The van der Waals surface area contributed by atoms with E-state index in [2.05, 4.69) is 6.92 Å². The largest absolute Gasteiger partial charge is 0.489 e. The Morgan fingerprint density at radius 3 is 2.63 bits per heavy atom. The minimum absolute atomic E-state index is 0.140. The van der Waals surface area contributed by atoms with Gasteiger partial charge in [-0.15, -0.1) is 0 Å². The highest BCUT2D eigenvalue weighted by Crippen LogP contribution is 2.31. The lowest BCUT2D eigenvalue weighted by atomic mass is 9.84. The van der Waals surface area contributed by atoms with Crippen molar-refractivity contribution in [3.05, 3.63) is 29.8 Å². The van der Waals surface area contributed by atoms with Gasteiger partial charge in [0.2, 0.25) is 0 Å². The minimum Gasteiger partial charge on any atom is -0.489 e. The predicted octanol–water partition coefficient (Wildman–Crippen LogP) is 4.12. The number of carboxylic acids is 1. The van der Waals surface area contributed by atoms with Gasteiger partial charge in [0.15, 0.2) is 0 Å². The summed E-state index contributed by atoms with van der Waals surface area (Å²) in [5.74, 6) is 0.155. The van der Waals surface area contributed by atoms with Crippen LogP contribution < -0.4 is 4.74 Å². The molecule has 1 N–H and O–H groups in total. The Balaban J connectivity index is 2.11.